The van der Waals surface area contributed by atoms with Gasteiger partial charge in [0, 0.05) is 18.9 Å². The summed E-state index contributed by atoms with van der Waals surface area (Å²) in [5, 5.41) is 12.4. The van der Waals surface area contributed by atoms with Gasteiger partial charge in [0.15, 0.2) is 0 Å². The van der Waals surface area contributed by atoms with Gasteiger partial charge in [-0.15, -0.1) is 0 Å². The van der Waals surface area contributed by atoms with Crippen molar-refractivity contribution >= 4 is 12.1 Å². The van der Waals surface area contributed by atoms with E-state index in [1.54, 1.807) is 30.6 Å². The Kier molecular flexibility index (Phi) is 4.92. The highest BCUT2D eigenvalue weighted by Gasteiger charge is 1.96. The number of anilines is 1. The van der Waals surface area contributed by atoms with Crippen LogP contribution >= 0.6 is 0 Å². The van der Waals surface area contributed by atoms with E-state index in [4.69, 9.17) is 0 Å². The Morgan fingerprint density at radius 1 is 1.44 bits per heavy atom. The summed E-state index contributed by atoms with van der Waals surface area (Å²) in [6, 6.07) is 6.92. The Bertz CT molecular complexity index is 364. The first-order valence-corrected chi connectivity index (χ1v) is 5.20. The summed E-state index contributed by atoms with van der Waals surface area (Å²) in [6.07, 6.45) is 4.94. The fourth-order valence-corrected chi connectivity index (χ4v) is 1.24. The lowest BCUT2D eigenvalue weighted by molar-refractivity contribution is -0.115. The van der Waals surface area contributed by atoms with E-state index >= 15 is 0 Å². The summed E-state index contributed by atoms with van der Waals surface area (Å²) in [6.45, 7) is 2.68. The lowest BCUT2D eigenvalue weighted by Gasteiger charge is -2.10. The fourth-order valence-electron chi connectivity index (χ4n) is 1.24. The first kappa shape index (κ1) is 12.1. The van der Waals surface area contributed by atoms with Crippen LogP contribution in [-0.2, 0) is 4.79 Å². The number of hydrogen-bond donors (Lipinski definition) is 2. The largest absolute Gasteiger partial charge is 0.506 e. The average Bonchev–Trinajstić information content (AvgIpc) is 2.30. The van der Waals surface area contributed by atoms with Gasteiger partial charge in [-0.1, -0.05) is 19.1 Å². The summed E-state index contributed by atoms with van der Waals surface area (Å²) in [5.74, 6) is 0.181. The number of nitrogens with one attached hydrogen (secondary N) is 1. The highest BCUT2D eigenvalue weighted by Crippen LogP contribution is 2.21. The monoisotopic (exact) mass is 220 g/mol. The molecule has 16 heavy (non-hydrogen) atoms. The number of benzene rings is 1. The molecular weight excluding hydrogens is 204 g/mol. The maximum atomic E-state index is 10.6. The molecule has 1 amide bonds. The SMILES string of the molecule is CCCN(C=O)C=CNc1ccccc1O. The molecule has 1 aromatic rings. The molecule has 2 N–H and O–H groups in total. The molecule has 0 bridgehead atoms. The molecule has 4 heteroatoms. The summed E-state index contributed by atoms with van der Waals surface area (Å²) >= 11 is 0. The molecule has 0 atom stereocenters. The van der Waals surface area contributed by atoms with Gasteiger partial charge in [0.2, 0.25) is 6.41 Å². The summed E-state index contributed by atoms with van der Waals surface area (Å²) in [5.41, 5.74) is 0.612. The zero-order chi connectivity index (χ0) is 11.8. The third-order valence-corrected chi connectivity index (χ3v) is 2.03. The third kappa shape index (κ3) is 3.65. The minimum Gasteiger partial charge on any atom is -0.506 e. The molecule has 4 nitrogen and oxygen atoms in total. The number of nitrogens with zero attached hydrogens (tertiary/aromatic N) is 1. The van der Waals surface area contributed by atoms with Gasteiger partial charge in [0.1, 0.15) is 5.75 Å². The van der Waals surface area contributed by atoms with Crippen LogP contribution in [0.25, 0.3) is 0 Å². The normalized spacial score (nSPS) is 10.3. The zero-order valence-electron chi connectivity index (χ0n) is 9.26. The van der Waals surface area contributed by atoms with Crippen molar-refractivity contribution in [2.24, 2.45) is 0 Å². The van der Waals surface area contributed by atoms with Gasteiger partial charge >= 0.3 is 0 Å². The molecule has 0 aromatic heterocycles. The number of carbonyl (C=O) groups excluding carboxylic acids is 1. The van der Waals surface area contributed by atoms with Crippen LogP contribution in [0.15, 0.2) is 36.7 Å². The summed E-state index contributed by atoms with van der Waals surface area (Å²) < 4.78 is 0. The molecular formula is C12H16N2O2. The Morgan fingerprint density at radius 3 is 2.81 bits per heavy atom. The number of aromatic hydroxyl groups is 1. The predicted molar refractivity (Wildman–Crippen MR) is 63.9 cm³/mol. The molecule has 1 rings (SSSR count). The van der Waals surface area contributed by atoms with E-state index in [-0.39, 0.29) is 5.75 Å². The Morgan fingerprint density at radius 2 is 2.19 bits per heavy atom. The maximum absolute atomic E-state index is 10.6. The molecule has 0 aliphatic rings. The third-order valence-electron chi connectivity index (χ3n) is 2.03. The standard InChI is InChI=1S/C12H16N2O2/c1-2-8-14(10-15)9-7-13-11-5-3-4-6-12(11)16/h3-7,9-10,13,16H,2,8H2,1H3. The van der Waals surface area contributed by atoms with Crippen LogP contribution in [0.1, 0.15) is 13.3 Å². The maximum Gasteiger partial charge on any atom is 0.213 e. The molecule has 0 spiro atoms. The van der Waals surface area contributed by atoms with E-state index in [9.17, 15) is 9.90 Å². The number of amides is 1. The molecule has 86 valence electrons. The van der Waals surface area contributed by atoms with Crippen LogP contribution in [-0.4, -0.2) is 23.0 Å². The van der Waals surface area contributed by atoms with Gasteiger partial charge in [0.25, 0.3) is 0 Å². The minimum atomic E-state index is 0.181. The van der Waals surface area contributed by atoms with Gasteiger partial charge in [-0.25, -0.2) is 0 Å². The van der Waals surface area contributed by atoms with Crippen LogP contribution in [0.3, 0.4) is 0 Å². The number of phenolic OH excluding ortho intramolecular Hbond substituents is 1. The Labute approximate surface area is 95.2 Å². The lowest BCUT2D eigenvalue weighted by atomic mass is 10.3. The van der Waals surface area contributed by atoms with Crippen molar-refractivity contribution in [2.45, 2.75) is 13.3 Å². The lowest BCUT2D eigenvalue weighted by Crippen LogP contribution is -2.15. The van der Waals surface area contributed by atoms with Crippen molar-refractivity contribution in [1.29, 1.82) is 0 Å². The first-order valence-electron chi connectivity index (χ1n) is 5.20. The molecule has 1 aromatic carbocycles. The van der Waals surface area contributed by atoms with Crippen molar-refractivity contribution in [1.82, 2.24) is 4.90 Å². The molecule has 0 radical (unpaired) electrons. The Balaban J connectivity index is 2.53. The van der Waals surface area contributed by atoms with E-state index in [1.165, 1.54) is 4.90 Å². The topological polar surface area (TPSA) is 52.6 Å². The highest BCUT2D eigenvalue weighted by molar-refractivity contribution is 5.57. The second-order valence-electron chi connectivity index (χ2n) is 3.32. The van der Waals surface area contributed by atoms with Crippen molar-refractivity contribution in [2.75, 3.05) is 11.9 Å². The van der Waals surface area contributed by atoms with E-state index in [2.05, 4.69) is 5.32 Å². The molecule has 0 saturated carbocycles. The average molecular weight is 220 g/mol. The van der Waals surface area contributed by atoms with Crippen LogP contribution in [0.2, 0.25) is 0 Å². The number of para-hydroxylation sites is 2. The number of phenols is 1. The smallest absolute Gasteiger partial charge is 0.213 e. The van der Waals surface area contributed by atoms with Crippen molar-refractivity contribution in [3.8, 4) is 5.75 Å². The molecule has 0 aliphatic heterocycles. The summed E-state index contributed by atoms with van der Waals surface area (Å²) in [7, 11) is 0. The molecule has 0 unspecified atom stereocenters. The van der Waals surface area contributed by atoms with Gasteiger partial charge in [-0.2, -0.15) is 0 Å². The van der Waals surface area contributed by atoms with Gasteiger partial charge in [0.05, 0.1) is 5.69 Å². The van der Waals surface area contributed by atoms with E-state index in [0.29, 0.717) is 12.2 Å². The second-order valence-corrected chi connectivity index (χ2v) is 3.32. The minimum absolute atomic E-state index is 0.181. The second kappa shape index (κ2) is 6.50. The number of carbonyl (C=O) groups is 1. The van der Waals surface area contributed by atoms with E-state index in [1.807, 2.05) is 13.0 Å². The molecule has 0 heterocycles. The van der Waals surface area contributed by atoms with Crippen LogP contribution in [0.5, 0.6) is 5.75 Å². The van der Waals surface area contributed by atoms with E-state index < -0.39 is 0 Å². The van der Waals surface area contributed by atoms with Crippen LogP contribution in [0, 0.1) is 0 Å². The first-order chi connectivity index (χ1) is 7.77. The Hall–Kier alpha value is -1.97. The van der Waals surface area contributed by atoms with Crippen molar-refractivity contribution in [3.63, 3.8) is 0 Å². The summed E-state index contributed by atoms with van der Waals surface area (Å²) in [4.78, 5) is 12.1. The van der Waals surface area contributed by atoms with Gasteiger partial charge in [-0.05, 0) is 18.6 Å². The van der Waals surface area contributed by atoms with Crippen molar-refractivity contribution < 1.29 is 9.90 Å². The van der Waals surface area contributed by atoms with E-state index in [0.717, 1.165) is 12.8 Å². The zero-order valence-corrected chi connectivity index (χ0v) is 9.26. The molecule has 0 saturated heterocycles. The van der Waals surface area contributed by atoms with Crippen molar-refractivity contribution in [3.05, 3.63) is 36.7 Å². The number of rotatable bonds is 6. The van der Waals surface area contributed by atoms with Crippen LogP contribution in [0.4, 0.5) is 5.69 Å². The predicted octanol–water partition coefficient (Wildman–Crippen LogP) is 2.14. The van der Waals surface area contributed by atoms with Crippen LogP contribution < -0.4 is 5.32 Å². The van der Waals surface area contributed by atoms with Gasteiger partial charge in [-0.3, -0.25) is 4.79 Å². The quantitative estimate of drug-likeness (QED) is 0.570. The molecule has 0 aliphatic carbocycles. The molecule has 0 fully saturated rings. The fraction of sp³-hybridized carbons (Fsp3) is 0.250. The number of hydrogen-bond acceptors (Lipinski definition) is 3. The highest BCUT2D eigenvalue weighted by atomic mass is 16.3. The van der Waals surface area contributed by atoms with Gasteiger partial charge < -0.3 is 15.3 Å².